The van der Waals surface area contributed by atoms with Gasteiger partial charge in [-0.3, -0.25) is 4.79 Å². The summed E-state index contributed by atoms with van der Waals surface area (Å²) >= 11 is 0. The van der Waals surface area contributed by atoms with Crippen molar-refractivity contribution >= 4 is 22.5 Å². The Bertz CT molecular complexity index is 1260. The molecule has 7 heteroatoms. The SMILES string of the molecule is CCOc1ncccc1C(=O)N1CCN(c2ccc(-c3cccc4ccccc34)nn2)CC1. The topological polar surface area (TPSA) is 71.5 Å². The Labute approximate surface area is 192 Å². The third-order valence-corrected chi connectivity index (χ3v) is 5.89. The van der Waals surface area contributed by atoms with Crippen molar-refractivity contribution in [2.75, 3.05) is 37.7 Å². The summed E-state index contributed by atoms with van der Waals surface area (Å²) in [6.07, 6.45) is 1.64. The molecule has 4 aromatic rings. The van der Waals surface area contributed by atoms with Crippen molar-refractivity contribution in [3.8, 4) is 17.1 Å². The van der Waals surface area contributed by atoms with E-state index in [2.05, 4.69) is 44.3 Å². The summed E-state index contributed by atoms with van der Waals surface area (Å²) < 4.78 is 5.53. The number of hydrogen-bond donors (Lipinski definition) is 0. The lowest BCUT2D eigenvalue weighted by Crippen LogP contribution is -2.49. The number of amides is 1. The average Bonchev–Trinajstić information content (AvgIpc) is 2.89. The second-order valence-electron chi connectivity index (χ2n) is 7.87. The van der Waals surface area contributed by atoms with E-state index in [1.54, 1.807) is 18.3 Å². The van der Waals surface area contributed by atoms with Crippen molar-refractivity contribution in [2.45, 2.75) is 6.92 Å². The summed E-state index contributed by atoms with van der Waals surface area (Å²) in [5, 5.41) is 11.4. The zero-order valence-corrected chi connectivity index (χ0v) is 18.5. The molecule has 7 nitrogen and oxygen atoms in total. The largest absolute Gasteiger partial charge is 0.477 e. The highest BCUT2D eigenvalue weighted by Gasteiger charge is 2.25. The maximum absolute atomic E-state index is 13.0. The van der Waals surface area contributed by atoms with E-state index >= 15 is 0 Å². The number of carbonyl (C=O) groups excluding carboxylic acids is 1. The van der Waals surface area contributed by atoms with Gasteiger partial charge in [-0.05, 0) is 42.0 Å². The predicted molar refractivity (Wildman–Crippen MR) is 128 cm³/mol. The first-order chi connectivity index (χ1) is 16.2. The molecular formula is C26H25N5O2. The first-order valence-corrected chi connectivity index (χ1v) is 11.2. The van der Waals surface area contributed by atoms with E-state index in [0.29, 0.717) is 44.2 Å². The standard InChI is InChI=1S/C26H25N5O2/c1-2-33-25-22(11-6-14-27-25)26(32)31-17-15-30(16-18-31)24-13-12-23(28-29-24)21-10-5-8-19-7-3-4-9-20(19)21/h3-14H,2,15-18H2,1H3. The van der Waals surface area contributed by atoms with Gasteiger partial charge in [-0.2, -0.15) is 0 Å². The summed E-state index contributed by atoms with van der Waals surface area (Å²) in [5.41, 5.74) is 2.43. The van der Waals surface area contributed by atoms with Crippen molar-refractivity contribution in [2.24, 2.45) is 0 Å². The molecule has 1 fully saturated rings. The van der Waals surface area contributed by atoms with E-state index in [9.17, 15) is 4.79 Å². The number of benzene rings is 2. The van der Waals surface area contributed by atoms with Crippen molar-refractivity contribution in [1.29, 1.82) is 0 Å². The fourth-order valence-electron chi connectivity index (χ4n) is 4.20. The normalized spacial score (nSPS) is 13.8. The van der Waals surface area contributed by atoms with Crippen LogP contribution in [0.15, 0.2) is 72.9 Å². The third kappa shape index (κ3) is 4.22. The van der Waals surface area contributed by atoms with Gasteiger partial charge in [0.15, 0.2) is 5.82 Å². The van der Waals surface area contributed by atoms with Crippen LogP contribution in [0, 0.1) is 0 Å². The molecule has 2 aromatic carbocycles. The van der Waals surface area contributed by atoms with E-state index < -0.39 is 0 Å². The molecule has 0 bridgehead atoms. The van der Waals surface area contributed by atoms with Gasteiger partial charge in [-0.1, -0.05) is 42.5 Å². The Morgan fingerprint density at radius 2 is 1.73 bits per heavy atom. The van der Waals surface area contributed by atoms with Crippen LogP contribution in [-0.4, -0.2) is 58.8 Å². The maximum Gasteiger partial charge on any atom is 0.259 e. The van der Waals surface area contributed by atoms with Crippen LogP contribution < -0.4 is 9.64 Å². The van der Waals surface area contributed by atoms with Gasteiger partial charge in [0.05, 0.1) is 12.3 Å². The minimum atomic E-state index is -0.0522. The first kappa shape index (κ1) is 20.9. The number of anilines is 1. The Balaban J connectivity index is 1.28. The first-order valence-electron chi connectivity index (χ1n) is 11.2. The monoisotopic (exact) mass is 439 g/mol. The molecule has 0 radical (unpaired) electrons. The average molecular weight is 440 g/mol. The van der Waals surface area contributed by atoms with E-state index in [4.69, 9.17) is 4.74 Å². The van der Waals surface area contributed by atoms with Crippen molar-refractivity contribution in [1.82, 2.24) is 20.1 Å². The van der Waals surface area contributed by atoms with Gasteiger partial charge in [0.2, 0.25) is 5.88 Å². The fourth-order valence-corrected chi connectivity index (χ4v) is 4.20. The van der Waals surface area contributed by atoms with Crippen LogP contribution in [0.1, 0.15) is 17.3 Å². The molecule has 33 heavy (non-hydrogen) atoms. The highest BCUT2D eigenvalue weighted by atomic mass is 16.5. The number of rotatable bonds is 5. The number of nitrogens with zero attached hydrogens (tertiary/aromatic N) is 5. The van der Waals surface area contributed by atoms with Crippen molar-refractivity contribution in [3.05, 3.63) is 78.5 Å². The molecular weight excluding hydrogens is 414 g/mol. The van der Waals surface area contributed by atoms with Gasteiger partial charge in [0.1, 0.15) is 5.56 Å². The van der Waals surface area contributed by atoms with Crippen molar-refractivity contribution < 1.29 is 9.53 Å². The van der Waals surface area contributed by atoms with Gasteiger partial charge in [-0.15, -0.1) is 10.2 Å². The zero-order chi connectivity index (χ0) is 22.6. The molecule has 1 aliphatic rings. The summed E-state index contributed by atoms with van der Waals surface area (Å²) in [4.78, 5) is 21.2. The quantitative estimate of drug-likeness (QED) is 0.467. The molecule has 0 N–H and O–H groups in total. The molecule has 0 aliphatic carbocycles. The molecule has 166 valence electrons. The smallest absolute Gasteiger partial charge is 0.259 e. The van der Waals surface area contributed by atoms with E-state index in [0.717, 1.165) is 22.5 Å². The number of aromatic nitrogens is 3. The minimum Gasteiger partial charge on any atom is -0.477 e. The van der Waals surface area contributed by atoms with Crippen LogP contribution in [-0.2, 0) is 0 Å². The van der Waals surface area contributed by atoms with E-state index in [1.807, 2.05) is 42.2 Å². The number of carbonyl (C=O) groups is 1. The lowest BCUT2D eigenvalue weighted by molar-refractivity contribution is 0.0741. The number of hydrogen-bond acceptors (Lipinski definition) is 6. The van der Waals surface area contributed by atoms with E-state index in [-0.39, 0.29) is 5.91 Å². The highest BCUT2D eigenvalue weighted by Crippen LogP contribution is 2.28. The highest BCUT2D eigenvalue weighted by molar-refractivity contribution is 5.97. The molecule has 3 heterocycles. The van der Waals surface area contributed by atoms with Gasteiger partial charge in [-0.25, -0.2) is 4.98 Å². The van der Waals surface area contributed by atoms with Crippen LogP contribution in [0.3, 0.4) is 0 Å². The summed E-state index contributed by atoms with van der Waals surface area (Å²) in [7, 11) is 0. The summed E-state index contributed by atoms with van der Waals surface area (Å²) in [5.74, 6) is 1.16. The Morgan fingerprint density at radius 3 is 2.52 bits per heavy atom. The molecule has 0 saturated carbocycles. The molecule has 0 unspecified atom stereocenters. The van der Waals surface area contributed by atoms with Crippen LogP contribution in [0.4, 0.5) is 5.82 Å². The minimum absolute atomic E-state index is 0.0522. The number of fused-ring (bicyclic) bond motifs is 1. The van der Waals surface area contributed by atoms with Gasteiger partial charge in [0, 0.05) is 37.9 Å². The van der Waals surface area contributed by atoms with Crippen LogP contribution in [0.25, 0.3) is 22.0 Å². The number of piperazine rings is 1. The molecule has 1 aliphatic heterocycles. The number of ether oxygens (including phenoxy) is 1. The maximum atomic E-state index is 13.0. The molecule has 1 amide bonds. The second kappa shape index (κ2) is 9.24. The van der Waals surface area contributed by atoms with Gasteiger partial charge < -0.3 is 14.5 Å². The van der Waals surface area contributed by atoms with Crippen LogP contribution in [0.5, 0.6) is 5.88 Å². The Kier molecular flexibility index (Phi) is 5.85. The lowest BCUT2D eigenvalue weighted by Gasteiger charge is -2.35. The molecule has 0 atom stereocenters. The second-order valence-corrected chi connectivity index (χ2v) is 7.87. The van der Waals surface area contributed by atoms with Crippen LogP contribution in [0.2, 0.25) is 0 Å². The van der Waals surface area contributed by atoms with E-state index in [1.165, 1.54) is 5.39 Å². The number of pyridine rings is 1. The zero-order valence-electron chi connectivity index (χ0n) is 18.5. The van der Waals surface area contributed by atoms with Gasteiger partial charge >= 0.3 is 0 Å². The molecule has 5 rings (SSSR count). The molecule has 0 spiro atoms. The lowest BCUT2D eigenvalue weighted by atomic mass is 10.0. The molecule has 2 aromatic heterocycles. The molecule has 1 saturated heterocycles. The van der Waals surface area contributed by atoms with Gasteiger partial charge in [0.25, 0.3) is 5.91 Å². The van der Waals surface area contributed by atoms with Crippen LogP contribution >= 0.6 is 0 Å². The predicted octanol–water partition coefficient (Wildman–Crippen LogP) is 4.05. The Morgan fingerprint density at radius 1 is 0.909 bits per heavy atom. The third-order valence-electron chi connectivity index (χ3n) is 5.89. The Hall–Kier alpha value is -4.00. The summed E-state index contributed by atoms with van der Waals surface area (Å²) in [6.45, 7) is 4.95. The summed E-state index contributed by atoms with van der Waals surface area (Å²) in [6, 6.07) is 22.1. The fraction of sp³-hybridized carbons (Fsp3) is 0.231. The van der Waals surface area contributed by atoms with Crippen molar-refractivity contribution in [3.63, 3.8) is 0 Å².